The van der Waals surface area contributed by atoms with Gasteiger partial charge in [0, 0.05) is 15.8 Å². The van der Waals surface area contributed by atoms with Crippen LogP contribution in [0.25, 0.3) is 0 Å². The minimum Gasteiger partial charge on any atom is -0.406 e. The molecule has 0 aromatic heterocycles. The van der Waals surface area contributed by atoms with Gasteiger partial charge in [-0.3, -0.25) is 0 Å². The van der Waals surface area contributed by atoms with Crippen molar-refractivity contribution >= 4 is 28.3 Å². The van der Waals surface area contributed by atoms with Crippen molar-refractivity contribution in [1.29, 1.82) is 0 Å². The second kappa shape index (κ2) is 6.55. The molecule has 6 heteroatoms. The smallest absolute Gasteiger partial charge is 0.406 e. The van der Waals surface area contributed by atoms with E-state index < -0.39 is 6.36 Å². The van der Waals surface area contributed by atoms with Gasteiger partial charge < -0.3 is 10.1 Å². The summed E-state index contributed by atoms with van der Waals surface area (Å²) in [5.74, 6) is -0.207. The third kappa shape index (κ3) is 5.11. The number of benzene rings is 2. The van der Waals surface area contributed by atoms with Crippen molar-refractivity contribution in [2.24, 2.45) is 0 Å². The molecule has 112 valence electrons. The fourth-order valence-electron chi connectivity index (χ4n) is 1.88. The Labute approximate surface area is 134 Å². The highest BCUT2D eigenvalue weighted by atomic mass is 127. The minimum absolute atomic E-state index is 0.207. The van der Waals surface area contributed by atoms with Crippen LogP contribution in [0, 0.1) is 10.5 Å². The highest BCUT2D eigenvalue weighted by molar-refractivity contribution is 14.1. The summed E-state index contributed by atoms with van der Waals surface area (Å²) in [6.07, 6.45) is -4.67. The van der Waals surface area contributed by atoms with E-state index in [4.69, 9.17) is 0 Å². The summed E-state index contributed by atoms with van der Waals surface area (Å²) in [6.45, 7) is 2.41. The molecule has 2 aromatic rings. The quantitative estimate of drug-likeness (QED) is 0.712. The van der Waals surface area contributed by atoms with Gasteiger partial charge in [-0.15, -0.1) is 13.2 Å². The van der Waals surface area contributed by atoms with Crippen LogP contribution in [0.2, 0.25) is 0 Å². The topological polar surface area (TPSA) is 21.3 Å². The van der Waals surface area contributed by atoms with Crippen LogP contribution in [-0.2, 0) is 6.54 Å². The van der Waals surface area contributed by atoms with Crippen molar-refractivity contribution in [3.63, 3.8) is 0 Å². The van der Waals surface area contributed by atoms with Gasteiger partial charge in [0.1, 0.15) is 5.75 Å². The molecule has 0 aliphatic carbocycles. The molecule has 0 aliphatic rings. The summed E-state index contributed by atoms with van der Waals surface area (Å²) < 4.78 is 41.6. The molecule has 2 aromatic carbocycles. The van der Waals surface area contributed by atoms with E-state index >= 15 is 0 Å². The molecule has 0 radical (unpaired) electrons. The number of aryl methyl sites for hydroxylation is 1. The fourth-order valence-corrected chi connectivity index (χ4v) is 2.52. The zero-order chi connectivity index (χ0) is 15.5. The summed E-state index contributed by atoms with van der Waals surface area (Å²) in [7, 11) is 0. The van der Waals surface area contributed by atoms with Gasteiger partial charge in [0.05, 0.1) is 0 Å². The Bertz CT molecular complexity index is 629. The number of hydrogen-bond donors (Lipinski definition) is 1. The number of nitrogens with one attached hydrogen (secondary N) is 1. The molecule has 21 heavy (non-hydrogen) atoms. The Balaban J connectivity index is 2.05. The Morgan fingerprint density at radius 1 is 1.14 bits per heavy atom. The van der Waals surface area contributed by atoms with Crippen molar-refractivity contribution in [2.75, 3.05) is 5.32 Å². The van der Waals surface area contributed by atoms with Crippen molar-refractivity contribution in [3.8, 4) is 5.75 Å². The molecule has 0 unspecified atom stereocenters. The van der Waals surface area contributed by atoms with E-state index in [9.17, 15) is 13.2 Å². The minimum atomic E-state index is -4.67. The van der Waals surface area contributed by atoms with Crippen LogP contribution in [0.15, 0.2) is 42.5 Å². The number of rotatable bonds is 4. The van der Waals surface area contributed by atoms with E-state index in [1.54, 1.807) is 12.1 Å². The average Bonchev–Trinajstić information content (AvgIpc) is 2.36. The third-order valence-electron chi connectivity index (χ3n) is 2.80. The van der Waals surface area contributed by atoms with Gasteiger partial charge in [0.25, 0.3) is 0 Å². The zero-order valence-electron chi connectivity index (χ0n) is 11.2. The van der Waals surface area contributed by atoms with E-state index in [1.165, 1.54) is 12.1 Å². The third-order valence-corrected chi connectivity index (χ3v) is 3.47. The lowest BCUT2D eigenvalue weighted by Gasteiger charge is -2.12. The lowest BCUT2D eigenvalue weighted by atomic mass is 10.1. The van der Waals surface area contributed by atoms with Crippen molar-refractivity contribution in [1.82, 2.24) is 0 Å². The molecule has 0 saturated carbocycles. The largest absolute Gasteiger partial charge is 0.573 e. The predicted molar refractivity (Wildman–Crippen MR) is 84.3 cm³/mol. The van der Waals surface area contributed by atoms with Crippen LogP contribution in [0.5, 0.6) is 5.75 Å². The van der Waals surface area contributed by atoms with E-state index in [-0.39, 0.29) is 5.75 Å². The summed E-state index contributed by atoms with van der Waals surface area (Å²) in [4.78, 5) is 0. The molecule has 0 spiro atoms. The molecule has 2 nitrogen and oxygen atoms in total. The van der Waals surface area contributed by atoms with E-state index in [2.05, 4.69) is 32.6 Å². The Kier molecular flexibility index (Phi) is 4.97. The van der Waals surface area contributed by atoms with Gasteiger partial charge in [-0.05, 0) is 71.0 Å². The molecule has 0 atom stereocenters. The van der Waals surface area contributed by atoms with Gasteiger partial charge >= 0.3 is 6.36 Å². The number of alkyl halides is 3. The Hall–Kier alpha value is -1.44. The average molecular weight is 407 g/mol. The molecule has 0 fully saturated rings. The maximum Gasteiger partial charge on any atom is 0.573 e. The summed E-state index contributed by atoms with van der Waals surface area (Å²) in [6, 6.07) is 11.9. The van der Waals surface area contributed by atoms with E-state index in [0.29, 0.717) is 6.54 Å². The number of ether oxygens (including phenoxy) is 1. The molecule has 1 N–H and O–H groups in total. The SMILES string of the molecule is Cc1cc(I)ccc1NCc1cccc(OC(F)(F)F)c1. The molecule has 0 saturated heterocycles. The highest BCUT2D eigenvalue weighted by Crippen LogP contribution is 2.24. The van der Waals surface area contributed by atoms with Gasteiger partial charge in [-0.2, -0.15) is 0 Å². The number of anilines is 1. The molecule has 0 amide bonds. The van der Waals surface area contributed by atoms with Crippen LogP contribution in [0.4, 0.5) is 18.9 Å². The van der Waals surface area contributed by atoms with Gasteiger partial charge in [0.15, 0.2) is 0 Å². The second-order valence-electron chi connectivity index (χ2n) is 4.51. The normalized spacial score (nSPS) is 11.3. The monoisotopic (exact) mass is 407 g/mol. The van der Waals surface area contributed by atoms with Crippen molar-refractivity contribution < 1.29 is 17.9 Å². The van der Waals surface area contributed by atoms with Crippen LogP contribution in [0.3, 0.4) is 0 Å². The fraction of sp³-hybridized carbons (Fsp3) is 0.200. The summed E-state index contributed by atoms with van der Waals surface area (Å²) in [5.41, 5.74) is 2.76. The van der Waals surface area contributed by atoms with Crippen molar-refractivity contribution in [3.05, 3.63) is 57.2 Å². The molecule has 0 heterocycles. The van der Waals surface area contributed by atoms with Gasteiger partial charge in [-0.25, -0.2) is 0 Å². The first kappa shape index (κ1) is 15.9. The Morgan fingerprint density at radius 3 is 2.57 bits per heavy atom. The van der Waals surface area contributed by atoms with Crippen LogP contribution < -0.4 is 10.1 Å². The molecule has 0 bridgehead atoms. The highest BCUT2D eigenvalue weighted by Gasteiger charge is 2.31. The van der Waals surface area contributed by atoms with Crippen LogP contribution >= 0.6 is 22.6 Å². The second-order valence-corrected chi connectivity index (χ2v) is 5.75. The standard InChI is InChI=1S/C15H13F3INO/c1-10-7-12(19)5-6-14(10)20-9-11-3-2-4-13(8-11)21-15(16,17)18/h2-8,20H,9H2,1H3. The summed E-state index contributed by atoms with van der Waals surface area (Å²) in [5, 5.41) is 3.21. The number of halogens is 4. The van der Waals surface area contributed by atoms with Crippen LogP contribution in [-0.4, -0.2) is 6.36 Å². The molecular formula is C15H13F3INO. The predicted octanol–water partition coefficient (Wildman–Crippen LogP) is 5.11. The van der Waals surface area contributed by atoms with Gasteiger partial charge in [0.2, 0.25) is 0 Å². The maximum absolute atomic E-state index is 12.2. The van der Waals surface area contributed by atoms with Gasteiger partial charge in [-0.1, -0.05) is 12.1 Å². The van der Waals surface area contributed by atoms with E-state index in [1.807, 2.05) is 25.1 Å². The molecule has 0 aliphatic heterocycles. The first-order valence-electron chi connectivity index (χ1n) is 6.18. The maximum atomic E-state index is 12.2. The molecule has 2 rings (SSSR count). The number of hydrogen-bond acceptors (Lipinski definition) is 2. The van der Waals surface area contributed by atoms with Crippen molar-refractivity contribution in [2.45, 2.75) is 19.8 Å². The van der Waals surface area contributed by atoms with Crippen LogP contribution in [0.1, 0.15) is 11.1 Å². The Morgan fingerprint density at radius 2 is 1.90 bits per heavy atom. The lowest BCUT2D eigenvalue weighted by molar-refractivity contribution is -0.274. The van der Waals surface area contributed by atoms with E-state index in [0.717, 1.165) is 20.4 Å². The summed E-state index contributed by atoms with van der Waals surface area (Å²) >= 11 is 2.23. The zero-order valence-corrected chi connectivity index (χ0v) is 13.3. The first-order valence-corrected chi connectivity index (χ1v) is 7.26. The lowest BCUT2D eigenvalue weighted by Crippen LogP contribution is -2.17. The molecular weight excluding hydrogens is 394 g/mol. The first-order chi connectivity index (χ1) is 9.83.